The third-order valence-electron chi connectivity index (χ3n) is 6.53. The number of aryl methyl sites for hydroxylation is 1. The van der Waals surface area contributed by atoms with Crippen molar-refractivity contribution in [3.05, 3.63) is 35.7 Å². The van der Waals surface area contributed by atoms with Crippen molar-refractivity contribution in [3.8, 4) is 17.2 Å². The predicted molar refractivity (Wildman–Crippen MR) is 106 cm³/mol. The van der Waals surface area contributed by atoms with Crippen LogP contribution >= 0.6 is 0 Å². The highest BCUT2D eigenvalue weighted by atomic mass is 19.3. The number of fused-ring (bicyclic) bond motifs is 2. The maximum Gasteiger partial charge on any atom is 0.586 e. The molecule has 2 bridgehead atoms. The Morgan fingerprint density at radius 2 is 2.03 bits per heavy atom. The SMILES string of the molecule is Cc1cc2n(n1)CCNC2NC12CC(NC(=O)COc3ccc4c(c3)OC(F)(F)O4)(C1)C2. The Hall–Kier alpha value is -2.92. The molecule has 32 heavy (non-hydrogen) atoms. The molecule has 3 fully saturated rings. The molecule has 3 aliphatic carbocycles. The van der Waals surface area contributed by atoms with Gasteiger partial charge in [-0.2, -0.15) is 5.10 Å². The van der Waals surface area contributed by atoms with E-state index in [0.717, 1.165) is 43.7 Å². The monoisotopic (exact) mass is 447 g/mol. The van der Waals surface area contributed by atoms with Gasteiger partial charge in [0.25, 0.3) is 5.91 Å². The summed E-state index contributed by atoms with van der Waals surface area (Å²) in [6.07, 6.45) is -1.05. The van der Waals surface area contributed by atoms with Crippen LogP contribution < -0.4 is 30.2 Å². The highest BCUT2D eigenvalue weighted by molar-refractivity contribution is 5.79. The normalized spacial score (nSPS) is 30.7. The quantitative estimate of drug-likeness (QED) is 0.619. The number of ether oxygens (including phenoxy) is 3. The van der Waals surface area contributed by atoms with Gasteiger partial charge in [-0.3, -0.25) is 20.1 Å². The van der Waals surface area contributed by atoms with E-state index in [2.05, 4.69) is 36.6 Å². The summed E-state index contributed by atoms with van der Waals surface area (Å²) >= 11 is 0. The van der Waals surface area contributed by atoms with E-state index in [0.29, 0.717) is 0 Å². The Bertz CT molecular complexity index is 1080. The lowest BCUT2D eigenvalue weighted by atomic mass is 9.44. The molecule has 1 aromatic heterocycles. The molecule has 170 valence electrons. The summed E-state index contributed by atoms with van der Waals surface area (Å²) in [6.45, 7) is 3.51. The number of aromatic nitrogens is 2. The minimum Gasteiger partial charge on any atom is -0.484 e. The van der Waals surface area contributed by atoms with E-state index in [9.17, 15) is 13.6 Å². The fourth-order valence-electron chi connectivity index (χ4n) is 5.40. The van der Waals surface area contributed by atoms with Gasteiger partial charge in [-0.25, -0.2) is 0 Å². The van der Waals surface area contributed by atoms with Crippen LogP contribution in [0.1, 0.15) is 36.8 Å². The molecule has 2 aromatic rings. The first kappa shape index (κ1) is 19.7. The summed E-state index contributed by atoms with van der Waals surface area (Å²) in [6, 6.07) is 6.17. The molecule has 3 heterocycles. The van der Waals surface area contributed by atoms with E-state index < -0.39 is 6.29 Å². The number of carbonyl (C=O) groups excluding carboxylic acids is 1. The molecule has 1 aromatic carbocycles. The summed E-state index contributed by atoms with van der Waals surface area (Å²) < 4.78 is 42.5. The van der Waals surface area contributed by atoms with Gasteiger partial charge in [-0.05, 0) is 44.4 Å². The molecule has 3 N–H and O–H groups in total. The highest BCUT2D eigenvalue weighted by Gasteiger charge is 2.69. The van der Waals surface area contributed by atoms with Crippen LogP contribution in [0.2, 0.25) is 0 Å². The van der Waals surface area contributed by atoms with E-state index in [1.54, 1.807) is 0 Å². The lowest BCUT2D eigenvalue weighted by molar-refractivity contribution is -0.286. The van der Waals surface area contributed by atoms with Crippen LogP contribution in [-0.2, 0) is 11.3 Å². The Balaban J connectivity index is 0.997. The lowest BCUT2D eigenvalue weighted by Gasteiger charge is -2.71. The molecular weight excluding hydrogens is 424 g/mol. The first-order valence-electron chi connectivity index (χ1n) is 10.6. The van der Waals surface area contributed by atoms with Gasteiger partial charge in [0.15, 0.2) is 18.1 Å². The summed E-state index contributed by atoms with van der Waals surface area (Å²) in [5.41, 5.74) is 1.98. The number of nitrogens with zero attached hydrogens (tertiary/aromatic N) is 2. The van der Waals surface area contributed by atoms with E-state index in [-0.39, 0.29) is 47.0 Å². The molecule has 1 amide bonds. The Kier molecular flexibility index (Phi) is 4.04. The Morgan fingerprint density at radius 1 is 1.25 bits per heavy atom. The molecule has 9 nitrogen and oxygen atoms in total. The van der Waals surface area contributed by atoms with Crippen molar-refractivity contribution in [2.24, 2.45) is 0 Å². The number of alkyl halides is 2. The number of benzene rings is 1. The Morgan fingerprint density at radius 3 is 2.84 bits per heavy atom. The minimum absolute atomic E-state index is 0.0225. The van der Waals surface area contributed by atoms with Gasteiger partial charge < -0.3 is 19.5 Å². The third-order valence-corrected chi connectivity index (χ3v) is 6.53. The second kappa shape index (κ2) is 6.55. The van der Waals surface area contributed by atoms with E-state index in [4.69, 9.17) is 4.74 Å². The topological polar surface area (TPSA) is 98.7 Å². The molecule has 11 heteroatoms. The standard InChI is InChI=1S/C21H23F2N5O4/c1-12-6-14-18(24-4-5-28(14)27-12)26-20-9-19(10-20,11-20)25-17(29)8-30-13-2-3-15-16(7-13)32-21(22,23)31-15/h2-3,6-7,18,24,26H,4-5,8-11H2,1H3,(H,25,29). The molecule has 0 radical (unpaired) electrons. The highest BCUT2D eigenvalue weighted by Crippen LogP contribution is 2.61. The van der Waals surface area contributed by atoms with E-state index in [1.165, 1.54) is 18.2 Å². The van der Waals surface area contributed by atoms with Gasteiger partial charge in [0.1, 0.15) is 11.9 Å². The van der Waals surface area contributed by atoms with Crippen LogP contribution in [0.5, 0.6) is 17.2 Å². The Labute approximate surface area is 182 Å². The fraction of sp³-hybridized carbons (Fsp3) is 0.524. The van der Waals surface area contributed by atoms with Crippen molar-refractivity contribution in [1.82, 2.24) is 25.7 Å². The molecule has 3 saturated carbocycles. The number of carbonyl (C=O) groups is 1. The van der Waals surface area contributed by atoms with Crippen LogP contribution in [0.25, 0.3) is 0 Å². The van der Waals surface area contributed by atoms with Crippen LogP contribution in [0.3, 0.4) is 0 Å². The molecule has 1 atom stereocenters. The van der Waals surface area contributed by atoms with Crippen molar-refractivity contribution in [2.75, 3.05) is 13.2 Å². The smallest absolute Gasteiger partial charge is 0.484 e. The van der Waals surface area contributed by atoms with Gasteiger partial charge in [-0.15, -0.1) is 8.78 Å². The van der Waals surface area contributed by atoms with E-state index >= 15 is 0 Å². The third kappa shape index (κ3) is 3.27. The molecule has 1 unspecified atom stereocenters. The molecule has 2 aliphatic heterocycles. The number of hydrogen-bond acceptors (Lipinski definition) is 7. The zero-order valence-electron chi connectivity index (χ0n) is 17.4. The fourth-order valence-corrected chi connectivity index (χ4v) is 5.40. The summed E-state index contributed by atoms with van der Waals surface area (Å²) in [5, 5.41) is 14.8. The van der Waals surface area contributed by atoms with Gasteiger partial charge in [0, 0.05) is 23.7 Å². The lowest BCUT2D eigenvalue weighted by Crippen LogP contribution is -2.84. The molecule has 0 spiro atoms. The van der Waals surface area contributed by atoms with Gasteiger partial charge in [-0.1, -0.05) is 0 Å². The second-order valence-electron chi connectivity index (χ2n) is 9.17. The van der Waals surface area contributed by atoms with E-state index in [1.807, 2.05) is 11.6 Å². The molecule has 0 saturated heterocycles. The second-order valence-corrected chi connectivity index (χ2v) is 9.17. The maximum atomic E-state index is 13.1. The average Bonchev–Trinajstić information content (AvgIpc) is 3.20. The zero-order chi connectivity index (χ0) is 22.1. The van der Waals surface area contributed by atoms with Gasteiger partial charge >= 0.3 is 6.29 Å². The number of hydrogen-bond donors (Lipinski definition) is 3. The number of amides is 1. The molecular formula is C21H23F2N5O4. The first-order valence-corrected chi connectivity index (χ1v) is 10.6. The van der Waals surface area contributed by atoms with Crippen molar-refractivity contribution >= 4 is 5.91 Å². The number of halogens is 2. The van der Waals surface area contributed by atoms with Crippen molar-refractivity contribution in [1.29, 1.82) is 0 Å². The van der Waals surface area contributed by atoms with Crippen LogP contribution in [0.15, 0.2) is 24.3 Å². The summed E-state index contributed by atoms with van der Waals surface area (Å²) in [5.74, 6) is -0.172. The first-order chi connectivity index (χ1) is 15.2. The van der Waals surface area contributed by atoms with Crippen molar-refractivity contribution in [3.63, 3.8) is 0 Å². The maximum absolute atomic E-state index is 13.1. The van der Waals surface area contributed by atoms with Crippen LogP contribution in [0.4, 0.5) is 8.78 Å². The molecule has 7 rings (SSSR count). The number of rotatable bonds is 6. The van der Waals surface area contributed by atoms with Gasteiger partial charge in [0.05, 0.1) is 17.9 Å². The van der Waals surface area contributed by atoms with Crippen LogP contribution in [0, 0.1) is 6.92 Å². The number of nitrogens with one attached hydrogen (secondary N) is 3. The summed E-state index contributed by atoms with van der Waals surface area (Å²) in [4.78, 5) is 12.4. The summed E-state index contributed by atoms with van der Waals surface area (Å²) in [7, 11) is 0. The van der Waals surface area contributed by atoms with Gasteiger partial charge in [0.2, 0.25) is 0 Å². The zero-order valence-corrected chi connectivity index (χ0v) is 17.4. The van der Waals surface area contributed by atoms with Crippen molar-refractivity contribution < 1.29 is 27.8 Å². The largest absolute Gasteiger partial charge is 0.586 e. The minimum atomic E-state index is -3.68. The van der Waals surface area contributed by atoms with Crippen molar-refractivity contribution in [2.45, 2.75) is 56.3 Å². The predicted octanol–water partition coefficient (Wildman–Crippen LogP) is 1.57. The van der Waals surface area contributed by atoms with Crippen LogP contribution in [-0.4, -0.2) is 46.2 Å². The average molecular weight is 447 g/mol. The molecule has 5 aliphatic rings.